The summed E-state index contributed by atoms with van der Waals surface area (Å²) in [6.07, 6.45) is 2.09. The SMILES string of the molecule is CN=C(NCc1ccnc(N2CCOC(C)C2)c1)NCc1oc2ccccc2c1C. The van der Waals surface area contributed by atoms with Crippen LogP contribution in [0.4, 0.5) is 5.82 Å². The van der Waals surface area contributed by atoms with Gasteiger partial charge in [0.05, 0.1) is 19.3 Å². The number of rotatable bonds is 5. The summed E-state index contributed by atoms with van der Waals surface area (Å²) < 4.78 is 11.6. The first-order chi connectivity index (χ1) is 14.6. The van der Waals surface area contributed by atoms with Gasteiger partial charge < -0.3 is 24.7 Å². The van der Waals surface area contributed by atoms with Crippen molar-refractivity contribution in [3.8, 4) is 0 Å². The molecule has 158 valence electrons. The number of fused-ring (bicyclic) bond motifs is 1. The first-order valence-electron chi connectivity index (χ1n) is 10.4. The molecule has 1 fully saturated rings. The summed E-state index contributed by atoms with van der Waals surface area (Å²) in [5, 5.41) is 7.87. The Morgan fingerprint density at radius 1 is 1.23 bits per heavy atom. The van der Waals surface area contributed by atoms with Crippen LogP contribution in [0.5, 0.6) is 0 Å². The lowest BCUT2D eigenvalue weighted by Gasteiger charge is -2.32. The summed E-state index contributed by atoms with van der Waals surface area (Å²) in [5.41, 5.74) is 3.23. The van der Waals surface area contributed by atoms with Gasteiger partial charge in [0.2, 0.25) is 0 Å². The van der Waals surface area contributed by atoms with E-state index in [1.165, 1.54) is 0 Å². The van der Waals surface area contributed by atoms with Gasteiger partial charge in [-0.1, -0.05) is 18.2 Å². The van der Waals surface area contributed by atoms with E-state index >= 15 is 0 Å². The van der Waals surface area contributed by atoms with Crippen molar-refractivity contribution in [2.75, 3.05) is 31.6 Å². The number of aromatic nitrogens is 1. The molecule has 0 bridgehead atoms. The van der Waals surface area contributed by atoms with Crippen LogP contribution >= 0.6 is 0 Å². The number of ether oxygens (including phenoxy) is 1. The van der Waals surface area contributed by atoms with E-state index in [0.29, 0.717) is 13.1 Å². The molecule has 7 nitrogen and oxygen atoms in total. The van der Waals surface area contributed by atoms with Crippen LogP contribution in [0.15, 0.2) is 52.0 Å². The van der Waals surface area contributed by atoms with Gasteiger partial charge >= 0.3 is 0 Å². The van der Waals surface area contributed by atoms with E-state index in [9.17, 15) is 0 Å². The summed E-state index contributed by atoms with van der Waals surface area (Å²) >= 11 is 0. The first kappa shape index (κ1) is 20.2. The van der Waals surface area contributed by atoms with Crippen LogP contribution in [0, 0.1) is 6.92 Å². The Balaban J connectivity index is 1.35. The number of hydrogen-bond acceptors (Lipinski definition) is 5. The van der Waals surface area contributed by atoms with Crippen LogP contribution in [0.3, 0.4) is 0 Å². The zero-order chi connectivity index (χ0) is 20.9. The molecule has 1 atom stereocenters. The maximum Gasteiger partial charge on any atom is 0.191 e. The standard InChI is InChI=1S/C23H29N5O2/c1-16-15-28(10-11-29-16)22-12-18(8-9-25-22)13-26-23(24-3)27-14-21-17(2)19-6-4-5-7-20(19)30-21/h4-9,12,16H,10-11,13-15H2,1-3H3,(H2,24,26,27). The highest BCUT2D eigenvalue weighted by atomic mass is 16.5. The van der Waals surface area contributed by atoms with Crippen LogP contribution in [-0.2, 0) is 17.8 Å². The molecule has 30 heavy (non-hydrogen) atoms. The number of guanidine groups is 1. The molecule has 3 aromatic rings. The van der Waals surface area contributed by atoms with Crippen molar-refractivity contribution in [3.05, 3.63) is 59.5 Å². The Labute approximate surface area is 177 Å². The Hall–Kier alpha value is -3.06. The number of nitrogens with one attached hydrogen (secondary N) is 2. The minimum absolute atomic E-state index is 0.229. The van der Waals surface area contributed by atoms with Gasteiger partial charge in [0.25, 0.3) is 0 Å². The molecule has 2 N–H and O–H groups in total. The molecule has 0 saturated carbocycles. The van der Waals surface area contributed by atoms with Crippen molar-refractivity contribution in [1.29, 1.82) is 0 Å². The molecule has 7 heteroatoms. The number of benzene rings is 1. The highest BCUT2D eigenvalue weighted by Crippen LogP contribution is 2.24. The van der Waals surface area contributed by atoms with Crippen molar-refractivity contribution >= 4 is 22.7 Å². The Kier molecular flexibility index (Phi) is 6.18. The van der Waals surface area contributed by atoms with Crippen molar-refractivity contribution in [2.45, 2.75) is 33.0 Å². The lowest BCUT2D eigenvalue weighted by molar-refractivity contribution is 0.0529. The molecule has 1 unspecified atom stereocenters. The Bertz CT molecular complexity index is 1030. The van der Waals surface area contributed by atoms with E-state index < -0.39 is 0 Å². The minimum atomic E-state index is 0.229. The van der Waals surface area contributed by atoms with E-state index in [1.807, 2.05) is 30.5 Å². The predicted molar refractivity (Wildman–Crippen MR) is 120 cm³/mol. The van der Waals surface area contributed by atoms with Crippen molar-refractivity contribution < 1.29 is 9.15 Å². The summed E-state index contributed by atoms with van der Waals surface area (Å²) in [6, 6.07) is 12.3. The number of hydrogen-bond donors (Lipinski definition) is 2. The molecular weight excluding hydrogens is 378 g/mol. The lowest BCUT2D eigenvalue weighted by Crippen LogP contribution is -2.41. The molecule has 4 rings (SSSR count). The third kappa shape index (κ3) is 4.57. The molecular formula is C23H29N5O2. The second kappa shape index (κ2) is 9.17. The van der Waals surface area contributed by atoms with Crippen LogP contribution in [0.1, 0.15) is 23.8 Å². The normalized spacial score (nSPS) is 17.4. The third-order valence-electron chi connectivity index (χ3n) is 5.42. The highest BCUT2D eigenvalue weighted by Gasteiger charge is 2.18. The van der Waals surface area contributed by atoms with E-state index in [4.69, 9.17) is 9.15 Å². The maximum absolute atomic E-state index is 5.98. The molecule has 1 aromatic carbocycles. The van der Waals surface area contributed by atoms with Gasteiger partial charge in [-0.15, -0.1) is 0 Å². The van der Waals surface area contributed by atoms with Gasteiger partial charge in [-0.2, -0.15) is 0 Å². The van der Waals surface area contributed by atoms with E-state index in [0.717, 1.165) is 59.3 Å². The second-order valence-corrected chi connectivity index (χ2v) is 7.58. The second-order valence-electron chi connectivity index (χ2n) is 7.58. The van der Waals surface area contributed by atoms with Gasteiger partial charge in [-0.3, -0.25) is 4.99 Å². The van der Waals surface area contributed by atoms with Crippen LogP contribution in [0.25, 0.3) is 11.0 Å². The van der Waals surface area contributed by atoms with Crippen LogP contribution in [0.2, 0.25) is 0 Å². The summed E-state index contributed by atoms with van der Waals surface area (Å²) in [5.74, 6) is 2.64. The van der Waals surface area contributed by atoms with Crippen LogP contribution in [-0.4, -0.2) is 43.8 Å². The largest absolute Gasteiger partial charge is 0.459 e. The number of aryl methyl sites for hydroxylation is 1. The van der Waals surface area contributed by atoms with Crippen LogP contribution < -0.4 is 15.5 Å². The fourth-order valence-corrected chi connectivity index (χ4v) is 3.73. The lowest BCUT2D eigenvalue weighted by atomic mass is 10.1. The number of pyridine rings is 1. The number of morpholine rings is 1. The monoisotopic (exact) mass is 407 g/mol. The number of furan rings is 1. The summed E-state index contributed by atoms with van der Waals surface area (Å²) in [7, 11) is 1.77. The molecule has 1 aliphatic heterocycles. The summed E-state index contributed by atoms with van der Waals surface area (Å²) in [4.78, 5) is 11.1. The predicted octanol–water partition coefficient (Wildman–Crippen LogP) is 3.23. The van der Waals surface area contributed by atoms with Crippen molar-refractivity contribution in [3.63, 3.8) is 0 Å². The average molecular weight is 408 g/mol. The third-order valence-corrected chi connectivity index (χ3v) is 5.42. The van der Waals surface area contributed by atoms with Crippen molar-refractivity contribution in [2.24, 2.45) is 4.99 Å². The van der Waals surface area contributed by atoms with Crippen molar-refractivity contribution in [1.82, 2.24) is 15.6 Å². The molecule has 0 radical (unpaired) electrons. The average Bonchev–Trinajstić information content (AvgIpc) is 3.10. The fraction of sp³-hybridized carbons (Fsp3) is 0.391. The van der Waals surface area contributed by atoms with Gasteiger partial charge in [0.1, 0.15) is 17.2 Å². The van der Waals surface area contributed by atoms with Gasteiger partial charge in [-0.25, -0.2) is 4.98 Å². The quantitative estimate of drug-likeness (QED) is 0.500. The molecule has 0 aliphatic carbocycles. The molecule has 3 heterocycles. The molecule has 1 saturated heterocycles. The highest BCUT2D eigenvalue weighted by molar-refractivity contribution is 5.83. The van der Waals surface area contributed by atoms with E-state index in [-0.39, 0.29) is 6.10 Å². The molecule has 1 aliphatic rings. The van der Waals surface area contributed by atoms with Gasteiger partial charge in [0, 0.05) is 43.8 Å². The van der Waals surface area contributed by atoms with E-state index in [1.54, 1.807) is 7.05 Å². The smallest absolute Gasteiger partial charge is 0.191 e. The summed E-state index contributed by atoms with van der Waals surface area (Å²) in [6.45, 7) is 7.89. The minimum Gasteiger partial charge on any atom is -0.459 e. The number of aliphatic imine (C=N–C) groups is 1. The number of nitrogens with zero attached hydrogens (tertiary/aromatic N) is 3. The maximum atomic E-state index is 5.98. The first-order valence-corrected chi connectivity index (χ1v) is 10.4. The fourth-order valence-electron chi connectivity index (χ4n) is 3.73. The Morgan fingerprint density at radius 2 is 2.07 bits per heavy atom. The molecule has 0 amide bonds. The van der Waals surface area contributed by atoms with E-state index in [2.05, 4.69) is 51.5 Å². The zero-order valence-electron chi connectivity index (χ0n) is 17.8. The van der Waals surface area contributed by atoms with Gasteiger partial charge in [0.15, 0.2) is 5.96 Å². The number of anilines is 1. The molecule has 0 spiro atoms. The number of para-hydroxylation sites is 1. The van der Waals surface area contributed by atoms with Gasteiger partial charge in [-0.05, 0) is 37.6 Å². The topological polar surface area (TPSA) is 74.9 Å². The molecule has 2 aromatic heterocycles. The Morgan fingerprint density at radius 3 is 2.87 bits per heavy atom. The zero-order valence-corrected chi connectivity index (χ0v) is 17.8.